The average molecular weight is 244 g/mol. The zero-order valence-corrected chi connectivity index (χ0v) is 10.9. The molecule has 2 rings (SSSR count). The largest absolute Gasteiger partial charge is 0.322 e. The van der Waals surface area contributed by atoms with Crippen LogP contribution in [0.4, 0.5) is 0 Å². The third-order valence-electron chi connectivity index (χ3n) is 3.27. The predicted octanol–water partition coefficient (Wildman–Crippen LogP) is 3.82. The normalized spacial score (nSPS) is 10.9. The van der Waals surface area contributed by atoms with Crippen LogP contribution in [0.5, 0.6) is 0 Å². The summed E-state index contributed by atoms with van der Waals surface area (Å²) in [5.41, 5.74) is 1.98. The second kappa shape index (κ2) is 6.34. The number of hydrogen-bond donors (Lipinski definition) is 0. The first kappa shape index (κ1) is 12.8. The monoisotopic (exact) mass is 244 g/mol. The minimum Gasteiger partial charge on any atom is -0.322 e. The summed E-state index contributed by atoms with van der Waals surface area (Å²) in [5.74, 6) is 0.548. The Hall–Kier alpha value is -1.64. The van der Waals surface area contributed by atoms with Crippen LogP contribution in [0.1, 0.15) is 49.6 Å². The van der Waals surface area contributed by atoms with Gasteiger partial charge in [0.15, 0.2) is 12.1 Å². The second-order valence-electron chi connectivity index (χ2n) is 4.64. The smallest absolute Gasteiger partial charge is 0.185 e. The van der Waals surface area contributed by atoms with Gasteiger partial charge in [0.25, 0.3) is 0 Å². The topological polar surface area (TPSA) is 34.9 Å². The molecule has 96 valence electrons. The van der Waals surface area contributed by atoms with E-state index in [0.29, 0.717) is 5.82 Å². The predicted molar refractivity (Wildman–Crippen MR) is 73.9 cm³/mol. The summed E-state index contributed by atoms with van der Waals surface area (Å²) in [7, 11) is 0. The molecule has 0 N–H and O–H groups in total. The minimum atomic E-state index is 0.548. The van der Waals surface area contributed by atoms with Gasteiger partial charge in [0.05, 0.1) is 11.0 Å². The summed E-state index contributed by atoms with van der Waals surface area (Å²) in [6.45, 7) is 3.10. The molecule has 1 heterocycles. The number of benzene rings is 1. The van der Waals surface area contributed by atoms with Crippen molar-refractivity contribution in [2.75, 3.05) is 0 Å². The molecule has 3 nitrogen and oxygen atoms in total. The van der Waals surface area contributed by atoms with Gasteiger partial charge in [0.2, 0.25) is 0 Å². The zero-order chi connectivity index (χ0) is 12.8. The number of aromatic nitrogens is 2. The van der Waals surface area contributed by atoms with Gasteiger partial charge in [-0.2, -0.15) is 0 Å². The molecule has 0 amide bonds. The van der Waals surface area contributed by atoms with Crippen molar-refractivity contribution in [3.8, 4) is 0 Å². The van der Waals surface area contributed by atoms with Gasteiger partial charge in [0, 0.05) is 6.54 Å². The van der Waals surface area contributed by atoms with Gasteiger partial charge in [-0.3, -0.25) is 4.79 Å². The number of carbonyl (C=O) groups excluding carboxylic acids is 1. The van der Waals surface area contributed by atoms with E-state index >= 15 is 0 Å². The van der Waals surface area contributed by atoms with Gasteiger partial charge >= 0.3 is 0 Å². The van der Waals surface area contributed by atoms with E-state index in [2.05, 4.69) is 11.9 Å². The number of rotatable bonds is 7. The standard InChI is InChI=1S/C15H20N2O/c1-2-3-4-5-8-11-17-14-10-7-6-9-13(14)16-15(17)12-18/h6-7,9-10,12H,2-5,8,11H2,1H3. The van der Waals surface area contributed by atoms with Crippen molar-refractivity contribution in [3.05, 3.63) is 30.1 Å². The molecule has 0 saturated heterocycles. The molecule has 0 bridgehead atoms. The Balaban J connectivity index is 2.08. The molecule has 1 aromatic heterocycles. The van der Waals surface area contributed by atoms with Crippen LogP contribution in [-0.2, 0) is 6.54 Å². The lowest BCUT2D eigenvalue weighted by molar-refractivity contribution is 0.111. The third kappa shape index (κ3) is 2.78. The van der Waals surface area contributed by atoms with Crippen molar-refractivity contribution in [2.45, 2.75) is 45.6 Å². The lowest BCUT2D eigenvalue weighted by Gasteiger charge is -2.05. The van der Waals surface area contributed by atoms with Gasteiger partial charge in [-0.1, -0.05) is 44.7 Å². The molecule has 0 radical (unpaired) electrons. The van der Waals surface area contributed by atoms with Crippen molar-refractivity contribution < 1.29 is 4.79 Å². The Bertz CT molecular complexity index is 516. The lowest BCUT2D eigenvalue weighted by atomic mass is 10.1. The third-order valence-corrected chi connectivity index (χ3v) is 3.27. The van der Waals surface area contributed by atoms with E-state index in [4.69, 9.17) is 0 Å². The van der Waals surface area contributed by atoms with Crippen LogP contribution in [0, 0.1) is 0 Å². The molecule has 0 spiro atoms. The van der Waals surface area contributed by atoms with E-state index in [1.54, 1.807) is 0 Å². The lowest BCUT2D eigenvalue weighted by Crippen LogP contribution is -2.03. The van der Waals surface area contributed by atoms with Crippen LogP contribution in [-0.4, -0.2) is 15.8 Å². The summed E-state index contributed by atoms with van der Waals surface area (Å²) in [5, 5.41) is 0. The van der Waals surface area contributed by atoms with Crippen LogP contribution >= 0.6 is 0 Å². The van der Waals surface area contributed by atoms with Crippen molar-refractivity contribution in [1.82, 2.24) is 9.55 Å². The van der Waals surface area contributed by atoms with Crippen LogP contribution < -0.4 is 0 Å². The average Bonchev–Trinajstić information content (AvgIpc) is 2.77. The first-order valence-electron chi connectivity index (χ1n) is 6.77. The highest BCUT2D eigenvalue weighted by molar-refractivity contribution is 5.82. The van der Waals surface area contributed by atoms with Gasteiger partial charge in [0.1, 0.15) is 0 Å². The number of nitrogens with zero attached hydrogens (tertiary/aromatic N) is 2. The number of carbonyl (C=O) groups is 1. The van der Waals surface area contributed by atoms with Crippen LogP contribution in [0.15, 0.2) is 24.3 Å². The zero-order valence-electron chi connectivity index (χ0n) is 10.9. The quantitative estimate of drug-likeness (QED) is 0.548. The molecular formula is C15H20N2O. The molecule has 1 aromatic carbocycles. The highest BCUT2D eigenvalue weighted by Crippen LogP contribution is 2.16. The number of para-hydroxylation sites is 2. The fourth-order valence-electron chi connectivity index (χ4n) is 2.29. The molecule has 0 unspecified atom stereocenters. The molecule has 0 atom stereocenters. The highest BCUT2D eigenvalue weighted by Gasteiger charge is 2.08. The van der Waals surface area contributed by atoms with Crippen molar-refractivity contribution >= 4 is 17.3 Å². The molecular weight excluding hydrogens is 224 g/mol. The maximum absolute atomic E-state index is 11.0. The maximum Gasteiger partial charge on any atom is 0.185 e. The number of aryl methyl sites for hydroxylation is 1. The van der Waals surface area contributed by atoms with E-state index in [0.717, 1.165) is 30.3 Å². The molecule has 0 aliphatic heterocycles. The number of hydrogen-bond acceptors (Lipinski definition) is 2. The Morgan fingerprint density at radius 3 is 2.72 bits per heavy atom. The van der Waals surface area contributed by atoms with E-state index in [9.17, 15) is 4.79 Å². The Labute approximate surface area is 108 Å². The van der Waals surface area contributed by atoms with E-state index < -0.39 is 0 Å². The van der Waals surface area contributed by atoms with Crippen LogP contribution in [0.2, 0.25) is 0 Å². The van der Waals surface area contributed by atoms with Gasteiger partial charge in [-0.15, -0.1) is 0 Å². The number of unbranched alkanes of at least 4 members (excludes halogenated alkanes) is 4. The summed E-state index contributed by atoms with van der Waals surface area (Å²) in [6.07, 6.45) is 7.02. The van der Waals surface area contributed by atoms with Crippen LogP contribution in [0.25, 0.3) is 11.0 Å². The second-order valence-corrected chi connectivity index (χ2v) is 4.64. The number of imidazole rings is 1. The Morgan fingerprint density at radius 2 is 1.94 bits per heavy atom. The van der Waals surface area contributed by atoms with E-state index in [-0.39, 0.29) is 0 Å². The van der Waals surface area contributed by atoms with E-state index in [1.165, 1.54) is 25.7 Å². The summed E-state index contributed by atoms with van der Waals surface area (Å²) in [6, 6.07) is 7.93. The molecule has 0 aliphatic carbocycles. The number of fused-ring (bicyclic) bond motifs is 1. The van der Waals surface area contributed by atoms with Crippen molar-refractivity contribution in [3.63, 3.8) is 0 Å². The molecule has 18 heavy (non-hydrogen) atoms. The summed E-state index contributed by atoms with van der Waals surface area (Å²) in [4.78, 5) is 15.4. The molecule has 0 aliphatic rings. The van der Waals surface area contributed by atoms with Gasteiger partial charge in [-0.25, -0.2) is 4.98 Å². The number of aldehydes is 1. The summed E-state index contributed by atoms with van der Waals surface area (Å²) >= 11 is 0. The molecule has 2 aromatic rings. The molecule has 3 heteroatoms. The minimum absolute atomic E-state index is 0.548. The first-order valence-corrected chi connectivity index (χ1v) is 6.77. The van der Waals surface area contributed by atoms with Gasteiger partial charge in [-0.05, 0) is 18.6 Å². The molecule has 0 saturated carbocycles. The maximum atomic E-state index is 11.0. The fourth-order valence-corrected chi connectivity index (χ4v) is 2.29. The van der Waals surface area contributed by atoms with Crippen molar-refractivity contribution in [2.24, 2.45) is 0 Å². The Morgan fingerprint density at radius 1 is 1.17 bits per heavy atom. The first-order chi connectivity index (χ1) is 8.86. The van der Waals surface area contributed by atoms with Crippen LogP contribution in [0.3, 0.4) is 0 Å². The Kier molecular flexibility index (Phi) is 4.51. The summed E-state index contributed by atoms with van der Waals surface area (Å²) < 4.78 is 2.04. The fraction of sp³-hybridized carbons (Fsp3) is 0.467. The highest BCUT2D eigenvalue weighted by atomic mass is 16.1. The molecule has 0 fully saturated rings. The SMILES string of the molecule is CCCCCCCn1c(C=O)nc2ccccc21. The van der Waals surface area contributed by atoms with E-state index in [1.807, 2.05) is 28.8 Å². The van der Waals surface area contributed by atoms with Crippen molar-refractivity contribution in [1.29, 1.82) is 0 Å². The van der Waals surface area contributed by atoms with Gasteiger partial charge < -0.3 is 4.57 Å².